The van der Waals surface area contributed by atoms with E-state index in [1.807, 2.05) is 0 Å². The molecule has 1 fully saturated rings. The maximum absolute atomic E-state index is 6.22. The second kappa shape index (κ2) is 4.14. The highest BCUT2D eigenvalue weighted by Crippen LogP contribution is 2.36. The highest BCUT2D eigenvalue weighted by atomic mass is 16.5. The molecule has 1 saturated heterocycles. The first-order valence-electron chi connectivity index (χ1n) is 6.76. The van der Waals surface area contributed by atoms with Gasteiger partial charge in [-0.25, -0.2) is 0 Å². The van der Waals surface area contributed by atoms with Gasteiger partial charge in [0.15, 0.2) is 0 Å². The van der Waals surface area contributed by atoms with Crippen LogP contribution in [0.1, 0.15) is 55.2 Å². The Morgan fingerprint density at radius 2 is 2.24 bits per heavy atom. The van der Waals surface area contributed by atoms with Gasteiger partial charge in [-0.15, -0.1) is 0 Å². The van der Waals surface area contributed by atoms with Crippen molar-refractivity contribution in [3.8, 4) is 0 Å². The minimum atomic E-state index is 0.247. The van der Waals surface area contributed by atoms with E-state index in [9.17, 15) is 0 Å². The summed E-state index contributed by atoms with van der Waals surface area (Å²) in [6.45, 7) is 5.28. The summed E-state index contributed by atoms with van der Waals surface area (Å²) in [5.41, 5.74) is 10.4. The molecule has 3 unspecified atom stereocenters. The first-order chi connectivity index (χ1) is 8.18. The van der Waals surface area contributed by atoms with Crippen molar-refractivity contribution in [1.82, 2.24) is 4.57 Å². The van der Waals surface area contributed by atoms with E-state index < -0.39 is 0 Å². The fourth-order valence-corrected chi connectivity index (χ4v) is 3.48. The molecule has 1 aromatic rings. The summed E-state index contributed by atoms with van der Waals surface area (Å²) in [6.07, 6.45) is 5.01. The highest BCUT2D eigenvalue weighted by Gasteiger charge is 2.31. The van der Waals surface area contributed by atoms with E-state index in [-0.39, 0.29) is 6.04 Å². The molecule has 3 nitrogen and oxygen atoms in total. The molecule has 1 aliphatic heterocycles. The van der Waals surface area contributed by atoms with E-state index >= 15 is 0 Å². The van der Waals surface area contributed by atoms with Gasteiger partial charge in [0.1, 0.15) is 0 Å². The van der Waals surface area contributed by atoms with Crippen molar-refractivity contribution >= 4 is 0 Å². The van der Waals surface area contributed by atoms with Crippen molar-refractivity contribution < 1.29 is 4.74 Å². The van der Waals surface area contributed by atoms with Gasteiger partial charge in [0.25, 0.3) is 0 Å². The van der Waals surface area contributed by atoms with Gasteiger partial charge in [-0.05, 0) is 51.2 Å². The summed E-state index contributed by atoms with van der Waals surface area (Å²) in [5, 5.41) is 0. The standard InChI is InChI=1S/C14H22N2O/c1-9-8-11-12(15)4-3-5-14(11)16(9)13-6-7-17-10(13)2/h8,10,12-13H,3-7,15H2,1-2H3. The Morgan fingerprint density at radius 3 is 2.94 bits per heavy atom. The van der Waals surface area contributed by atoms with Gasteiger partial charge in [-0.3, -0.25) is 0 Å². The molecule has 3 rings (SSSR count). The maximum atomic E-state index is 6.22. The molecule has 3 atom stereocenters. The van der Waals surface area contributed by atoms with Crippen LogP contribution in [0.5, 0.6) is 0 Å². The van der Waals surface area contributed by atoms with E-state index in [1.54, 1.807) is 0 Å². The minimum absolute atomic E-state index is 0.247. The molecule has 0 bridgehead atoms. The van der Waals surface area contributed by atoms with E-state index in [4.69, 9.17) is 10.5 Å². The zero-order valence-corrected chi connectivity index (χ0v) is 10.8. The Hall–Kier alpha value is -0.800. The van der Waals surface area contributed by atoms with E-state index in [0.717, 1.165) is 19.4 Å². The Kier molecular flexibility index (Phi) is 2.75. The Bertz CT molecular complexity index is 424. The highest BCUT2D eigenvalue weighted by molar-refractivity contribution is 5.33. The molecule has 1 aliphatic carbocycles. The number of rotatable bonds is 1. The third-order valence-corrected chi connectivity index (χ3v) is 4.36. The van der Waals surface area contributed by atoms with Gasteiger partial charge in [-0.2, -0.15) is 0 Å². The predicted octanol–water partition coefficient (Wildman–Crippen LogP) is 2.48. The molecule has 94 valence electrons. The number of aryl methyl sites for hydroxylation is 1. The van der Waals surface area contributed by atoms with Gasteiger partial charge in [0, 0.05) is 24.0 Å². The van der Waals surface area contributed by atoms with Crippen LogP contribution in [0.25, 0.3) is 0 Å². The van der Waals surface area contributed by atoms with Crippen molar-refractivity contribution in [2.45, 2.75) is 57.7 Å². The van der Waals surface area contributed by atoms with Gasteiger partial charge >= 0.3 is 0 Å². The second-order valence-electron chi connectivity index (χ2n) is 5.49. The van der Waals surface area contributed by atoms with Crippen LogP contribution in [0.15, 0.2) is 6.07 Å². The zero-order chi connectivity index (χ0) is 12.0. The number of nitrogens with zero attached hydrogens (tertiary/aromatic N) is 1. The van der Waals surface area contributed by atoms with Crippen LogP contribution in [0.2, 0.25) is 0 Å². The largest absolute Gasteiger partial charge is 0.376 e. The van der Waals surface area contributed by atoms with Gasteiger partial charge in [0.2, 0.25) is 0 Å². The Balaban J connectivity index is 2.04. The lowest BCUT2D eigenvalue weighted by Gasteiger charge is -2.25. The third kappa shape index (κ3) is 1.72. The smallest absolute Gasteiger partial charge is 0.0754 e. The lowest BCUT2D eigenvalue weighted by atomic mass is 9.93. The van der Waals surface area contributed by atoms with E-state index in [2.05, 4.69) is 24.5 Å². The van der Waals surface area contributed by atoms with E-state index in [0.29, 0.717) is 12.1 Å². The molecule has 2 N–H and O–H groups in total. The van der Waals surface area contributed by atoms with Crippen LogP contribution in [0.4, 0.5) is 0 Å². The third-order valence-electron chi connectivity index (χ3n) is 4.36. The van der Waals surface area contributed by atoms with Gasteiger partial charge < -0.3 is 15.0 Å². The molecular weight excluding hydrogens is 212 g/mol. The molecule has 0 spiro atoms. The van der Waals surface area contributed by atoms with Gasteiger partial charge in [-0.1, -0.05) is 0 Å². The van der Waals surface area contributed by atoms with Crippen molar-refractivity contribution in [3.63, 3.8) is 0 Å². The summed E-state index contributed by atoms with van der Waals surface area (Å²) in [7, 11) is 0. The van der Waals surface area contributed by atoms with Crippen LogP contribution in [0, 0.1) is 6.92 Å². The first kappa shape index (κ1) is 11.3. The molecule has 0 amide bonds. The van der Waals surface area contributed by atoms with Crippen molar-refractivity contribution in [2.24, 2.45) is 5.73 Å². The van der Waals surface area contributed by atoms with Crippen molar-refractivity contribution in [2.75, 3.05) is 6.61 Å². The van der Waals surface area contributed by atoms with Crippen LogP contribution >= 0.6 is 0 Å². The Labute approximate surface area is 103 Å². The average molecular weight is 234 g/mol. The van der Waals surface area contributed by atoms with Crippen LogP contribution in [-0.4, -0.2) is 17.3 Å². The molecule has 1 aromatic heterocycles. The molecular formula is C14H22N2O. The summed E-state index contributed by atoms with van der Waals surface area (Å²) in [6, 6.07) is 3.06. The number of hydrogen-bond donors (Lipinski definition) is 1. The van der Waals surface area contributed by atoms with Crippen LogP contribution in [0.3, 0.4) is 0 Å². The van der Waals surface area contributed by atoms with E-state index in [1.165, 1.54) is 29.8 Å². The number of nitrogens with two attached hydrogens (primary N) is 1. The summed E-state index contributed by atoms with van der Waals surface area (Å²) in [5.74, 6) is 0. The summed E-state index contributed by atoms with van der Waals surface area (Å²) in [4.78, 5) is 0. The molecule has 2 aliphatic rings. The number of fused-ring (bicyclic) bond motifs is 1. The lowest BCUT2D eigenvalue weighted by molar-refractivity contribution is 0.106. The lowest BCUT2D eigenvalue weighted by Crippen LogP contribution is -2.23. The topological polar surface area (TPSA) is 40.2 Å². The maximum Gasteiger partial charge on any atom is 0.0754 e. The molecule has 17 heavy (non-hydrogen) atoms. The second-order valence-corrected chi connectivity index (χ2v) is 5.49. The fraction of sp³-hybridized carbons (Fsp3) is 0.714. The molecule has 0 radical (unpaired) electrons. The molecule has 0 aromatic carbocycles. The molecule has 3 heteroatoms. The van der Waals surface area contributed by atoms with Crippen LogP contribution in [-0.2, 0) is 11.2 Å². The zero-order valence-electron chi connectivity index (χ0n) is 10.8. The number of aromatic nitrogens is 1. The first-order valence-corrected chi connectivity index (χ1v) is 6.76. The average Bonchev–Trinajstić information content (AvgIpc) is 2.83. The van der Waals surface area contributed by atoms with Crippen molar-refractivity contribution in [1.29, 1.82) is 0 Å². The van der Waals surface area contributed by atoms with Gasteiger partial charge in [0.05, 0.1) is 12.1 Å². The summed E-state index contributed by atoms with van der Waals surface area (Å²) >= 11 is 0. The summed E-state index contributed by atoms with van der Waals surface area (Å²) < 4.78 is 8.22. The molecule has 0 saturated carbocycles. The monoisotopic (exact) mass is 234 g/mol. The fourth-order valence-electron chi connectivity index (χ4n) is 3.48. The quantitative estimate of drug-likeness (QED) is 0.811. The van der Waals surface area contributed by atoms with Crippen LogP contribution < -0.4 is 5.73 Å². The Morgan fingerprint density at radius 1 is 1.41 bits per heavy atom. The number of hydrogen-bond acceptors (Lipinski definition) is 2. The normalized spacial score (nSPS) is 32.8. The SMILES string of the molecule is Cc1cc2c(n1C1CCOC1C)CCCC2N. The van der Waals surface area contributed by atoms with Crippen molar-refractivity contribution in [3.05, 3.63) is 23.0 Å². The molecule has 2 heterocycles. The predicted molar refractivity (Wildman–Crippen MR) is 68.1 cm³/mol. The number of ether oxygens (including phenoxy) is 1. The minimum Gasteiger partial charge on any atom is -0.376 e.